The van der Waals surface area contributed by atoms with Gasteiger partial charge in [-0.25, -0.2) is 0 Å². The molecular formula is C10H19N3O. The Morgan fingerprint density at radius 2 is 1.79 bits per heavy atom. The smallest absolute Gasteiger partial charge is 0.228 e. The lowest BCUT2D eigenvalue weighted by molar-refractivity contribution is 0.339. The first kappa shape index (κ1) is 11.2. The summed E-state index contributed by atoms with van der Waals surface area (Å²) in [6.07, 6.45) is 0.607. The van der Waals surface area contributed by atoms with E-state index in [0.717, 1.165) is 5.82 Å². The van der Waals surface area contributed by atoms with E-state index in [1.165, 1.54) is 0 Å². The third-order valence-electron chi connectivity index (χ3n) is 1.75. The van der Waals surface area contributed by atoms with E-state index < -0.39 is 0 Å². The average molecular weight is 197 g/mol. The van der Waals surface area contributed by atoms with Crippen molar-refractivity contribution in [2.45, 2.75) is 52.0 Å². The van der Waals surface area contributed by atoms with E-state index in [0.29, 0.717) is 12.3 Å². The molecule has 1 heterocycles. The molecule has 1 rings (SSSR count). The highest BCUT2D eigenvalue weighted by atomic mass is 16.5. The minimum Gasteiger partial charge on any atom is -0.339 e. The second-order valence-corrected chi connectivity index (χ2v) is 5.43. The lowest BCUT2D eigenvalue weighted by Gasteiger charge is -2.14. The number of nitrogens with two attached hydrogens (primary N) is 1. The van der Waals surface area contributed by atoms with E-state index in [1.54, 1.807) is 0 Å². The van der Waals surface area contributed by atoms with Gasteiger partial charge in [-0.15, -0.1) is 0 Å². The lowest BCUT2D eigenvalue weighted by atomic mass is 9.96. The van der Waals surface area contributed by atoms with E-state index >= 15 is 0 Å². The van der Waals surface area contributed by atoms with Crippen LogP contribution in [0.4, 0.5) is 0 Å². The van der Waals surface area contributed by atoms with Gasteiger partial charge >= 0.3 is 0 Å². The van der Waals surface area contributed by atoms with Crippen molar-refractivity contribution in [2.75, 3.05) is 0 Å². The van der Waals surface area contributed by atoms with Gasteiger partial charge in [-0.1, -0.05) is 25.9 Å². The molecule has 0 aromatic carbocycles. The largest absolute Gasteiger partial charge is 0.339 e. The van der Waals surface area contributed by atoms with E-state index in [9.17, 15) is 0 Å². The maximum Gasteiger partial charge on any atom is 0.228 e. The monoisotopic (exact) mass is 197 g/mol. The quantitative estimate of drug-likeness (QED) is 0.782. The first-order chi connectivity index (χ1) is 6.18. The van der Waals surface area contributed by atoms with Gasteiger partial charge in [0.15, 0.2) is 5.82 Å². The zero-order valence-electron chi connectivity index (χ0n) is 9.59. The molecule has 0 saturated heterocycles. The van der Waals surface area contributed by atoms with Crippen molar-refractivity contribution in [3.8, 4) is 0 Å². The van der Waals surface area contributed by atoms with Crippen LogP contribution in [0, 0.1) is 0 Å². The third kappa shape index (κ3) is 3.10. The van der Waals surface area contributed by atoms with E-state index in [-0.39, 0.29) is 11.0 Å². The Hall–Kier alpha value is -0.900. The molecule has 0 spiro atoms. The fourth-order valence-corrected chi connectivity index (χ4v) is 1.02. The van der Waals surface area contributed by atoms with Crippen LogP contribution in [0.1, 0.15) is 46.3 Å². The van der Waals surface area contributed by atoms with Crippen LogP contribution in [-0.4, -0.2) is 15.7 Å². The van der Waals surface area contributed by atoms with Crippen LogP contribution in [0.15, 0.2) is 4.52 Å². The van der Waals surface area contributed by atoms with E-state index in [4.69, 9.17) is 10.3 Å². The van der Waals surface area contributed by atoms with Crippen LogP contribution in [0.5, 0.6) is 0 Å². The Balaban J connectivity index is 2.79. The Morgan fingerprint density at radius 1 is 1.21 bits per heavy atom. The summed E-state index contributed by atoms with van der Waals surface area (Å²) in [4.78, 5) is 4.31. The average Bonchev–Trinajstić information content (AvgIpc) is 2.29. The molecule has 0 saturated carbocycles. The minimum absolute atomic E-state index is 0.0690. The summed E-state index contributed by atoms with van der Waals surface area (Å²) in [6.45, 7) is 10.0. The molecule has 0 aliphatic heterocycles. The molecule has 0 unspecified atom stereocenters. The number of aromatic nitrogens is 2. The summed E-state index contributed by atoms with van der Waals surface area (Å²) in [5.74, 6) is 1.35. The summed E-state index contributed by atoms with van der Waals surface area (Å²) in [7, 11) is 0. The van der Waals surface area contributed by atoms with Crippen molar-refractivity contribution in [3.63, 3.8) is 0 Å². The fraction of sp³-hybridized carbons (Fsp3) is 0.800. The zero-order chi connectivity index (χ0) is 11.0. The van der Waals surface area contributed by atoms with Crippen LogP contribution >= 0.6 is 0 Å². The summed E-state index contributed by atoms with van der Waals surface area (Å²) in [5.41, 5.74) is 5.49. The van der Waals surface area contributed by atoms with Crippen LogP contribution in [0.2, 0.25) is 0 Å². The summed E-state index contributed by atoms with van der Waals surface area (Å²) in [6, 6.07) is 0. The summed E-state index contributed by atoms with van der Waals surface area (Å²) < 4.78 is 5.13. The predicted molar refractivity (Wildman–Crippen MR) is 55.0 cm³/mol. The number of hydrogen-bond acceptors (Lipinski definition) is 4. The van der Waals surface area contributed by atoms with Gasteiger partial charge in [-0.05, 0) is 13.8 Å². The van der Waals surface area contributed by atoms with Crippen LogP contribution in [0.3, 0.4) is 0 Å². The minimum atomic E-state index is -0.304. The highest BCUT2D eigenvalue weighted by Gasteiger charge is 2.23. The van der Waals surface area contributed by atoms with Crippen molar-refractivity contribution in [1.29, 1.82) is 0 Å². The van der Waals surface area contributed by atoms with Crippen LogP contribution < -0.4 is 5.73 Å². The molecule has 0 atom stereocenters. The zero-order valence-corrected chi connectivity index (χ0v) is 9.59. The second-order valence-electron chi connectivity index (χ2n) is 5.43. The molecule has 2 N–H and O–H groups in total. The van der Waals surface area contributed by atoms with Gasteiger partial charge in [0.05, 0.1) is 0 Å². The standard InChI is InChI=1S/C10H19N3O/c1-9(2,3)8-12-7(14-13-8)6-10(4,5)11/h6,11H2,1-5H3. The Labute approximate surface area is 84.9 Å². The van der Waals surface area contributed by atoms with Gasteiger partial charge in [0, 0.05) is 17.4 Å². The van der Waals surface area contributed by atoms with Gasteiger partial charge < -0.3 is 10.3 Å². The first-order valence-corrected chi connectivity index (χ1v) is 4.80. The molecule has 0 aliphatic rings. The topological polar surface area (TPSA) is 64.9 Å². The van der Waals surface area contributed by atoms with Crippen molar-refractivity contribution in [3.05, 3.63) is 11.7 Å². The van der Waals surface area contributed by atoms with Crippen LogP contribution in [-0.2, 0) is 11.8 Å². The molecule has 80 valence electrons. The number of nitrogens with zero attached hydrogens (tertiary/aromatic N) is 2. The summed E-state index contributed by atoms with van der Waals surface area (Å²) >= 11 is 0. The molecule has 0 bridgehead atoms. The fourth-order valence-electron chi connectivity index (χ4n) is 1.02. The molecule has 14 heavy (non-hydrogen) atoms. The molecule has 0 fully saturated rings. The Bertz CT molecular complexity index is 304. The van der Waals surface area contributed by atoms with Crippen molar-refractivity contribution < 1.29 is 4.52 Å². The van der Waals surface area contributed by atoms with E-state index in [2.05, 4.69) is 30.9 Å². The molecule has 0 amide bonds. The Kier molecular flexibility index (Phi) is 2.67. The highest BCUT2D eigenvalue weighted by molar-refractivity contribution is 5.01. The highest BCUT2D eigenvalue weighted by Crippen LogP contribution is 2.19. The third-order valence-corrected chi connectivity index (χ3v) is 1.75. The molecular weight excluding hydrogens is 178 g/mol. The molecule has 4 heteroatoms. The number of hydrogen-bond donors (Lipinski definition) is 1. The predicted octanol–water partition coefficient (Wildman–Crippen LogP) is 1.65. The molecule has 0 aliphatic carbocycles. The van der Waals surface area contributed by atoms with Gasteiger partial charge in [-0.2, -0.15) is 4.98 Å². The number of rotatable bonds is 2. The van der Waals surface area contributed by atoms with Gasteiger partial charge in [0.25, 0.3) is 0 Å². The SMILES string of the molecule is CC(C)(N)Cc1nc(C(C)(C)C)no1. The van der Waals surface area contributed by atoms with Crippen molar-refractivity contribution in [1.82, 2.24) is 10.1 Å². The van der Waals surface area contributed by atoms with Crippen molar-refractivity contribution >= 4 is 0 Å². The maximum absolute atomic E-state index is 5.86. The van der Waals surface area contributed by atoms with Crippen LogP contribution in [0.25, 0.3) is 0 Å². The van der Waals surface area contributed by atoms with Gasteiger partial charge in [0.2, 0.25) is 5.89 Å². The Morgan fingerprint density at radius 3 is 2.14 bits per heavy atom. The normalized spacial score (nSPS) is 13.3. The molecule has 1 aromatic rings. The molecule has 0 radical (unpaired) electrons. The maximum atomic E-state index is 5.86. The van der Waals surface area contributed by atoms with E-state index in [1.807, 2.05) is 13.8 Å². The summed E-state index contributed by atoms with van der Waals surface area (Å²) in [5, 5.41) is 3.93. The van der Waals surface area contributed by atoms with Crippen molar-refractivity contribution in [2.24, 2.45) is 5.73 Å². The molecule has 4 nitrogen and oxygen atoms in total. The lowest BCUT2D eigenvalue weighted by Crippen LogP contribution is -2.34. The second kappa shape index (κ2) is 3.35. The van der Waals surface area contributed by atoms with Gasteiger partial charge in [0.1, 0.15) is 0 Å². The molecule has 1 aromatic heterocycles. The van der Waals surface area contributed by atoms with Gasteiger partial charge in [-0.3, -0.25) is 0 Å². The first-order valence-electron chi connectivity index (χ1n) is 4.80.